The molecule has 0 unspecified atom stereocenters. The van der Waals surface area contributed by atoms with Gasteiger partial charge in [0.1, 0.15) is 0 Å². The van der Waals surface area contributed by atoms with Crippen LogP contribution < -0.4 is 0 Å². The molecule has 42 valence electrons. The van der Waals surface area contributed by atoms with Crippen LogP contribution >= 0.6 is 0 Å². The quantitative estimate of drug-likeness (QED) is 0.496. The molecule has 0 amide bonds. The molecule has 7 heavy (non-hydrogen) atoms. The second kappa shape index (κ2) is 10.4. The summed E-state index contributed by atoms with van der Waals surface area (Å²) in [6, 6.07) is 0. The average molecular weight is 260 g/mol. The van der Waals surface area contributed by atoms with Crippen LogP contribution in [0.25, 0.3) is 0 Å². The van der Waals surface area contributed by atoms with Gasteiger partial charge in [-0.3, -0.25) is 5.57 Å². The molecule has 0 aromatic rings. The molecule has 0 atom stereocenters. The van der Waals surface area contributed by atoms with E-state index in [-0.39, 0.29) is 52.2 Å². The molecular formula is C5H8RhY-2. The average Bonchev–Trinajstić information content (AvgIpc) is 1.38. The van der Waals surface area contributed by atoms with E-state index in [1.165, 1.54) is 0 Å². The number of rotatable bonds is 1. The van der Waals surface area contributed by atoms with Crippen molar-refractivity contribution in [2.75, 3.05) is 0 Å². The molecule has 2 radical (unpaired) electrons. The van der Waals surface area contributed by atoms with Gasteiger partial charge in [-0.05, 0) is 0 Å². The van der Waals surface area contributed by atoms with Crippen LogP contribution in [0.3, 0.4) is 0 Å². The number of allylic oxidation sites excluding steroid dienone is 1. The largest absolute Gasteiger partial charge is 0.517 e. The third-order valence-corrected chi connectivity index (χ3v) is 0.394. The minimum absolute atomic E-state index is 0. The summed E-state index contributed by atoms with van der Waals surface area (Å²) < 4.78 is 0. The molecule has 0 aliphatic rings. The molecule has 0 aliphatic carbocycles. The molecular weight excluding hydrogens is 252 g/mol. The van der Waals surface area contributed by atoms with Crippen LogP contribution in [-0.4, -0.2) is 0 Å². The van der Waals surface area contributed by atoms with E-state index in [4.69, 9.17) is 6.58 Å². The Kier molecular flexibility index (Phi) is 23.6. The molecule has 0 heterocycles. The molecule has 0 N–H and O–H groups in total. The Morgan fingerprint density at radius 2 is 1.86 bits per heavy atom. The SMILES string of the molecule is [CH-]=C(C)C[CH2-].[Rh].[Y]. The first-order valence-corrected chi connectivity index (χ1v) is 1.64. The van der Waals surface area contributed by atoms with Crippen molar-refractivity contribution in [1.82, 2.24) is 0 Å². The predicted octanol–water partition coefficient (Wildman–Crippen LogP) is 1.58. The molecule has 0 saturated heterocycles. The van der Waals surface area contributed by atoms with Crippen LogP contribution in [0.5, 0.6) is 0 Å². The Morgan fingerprint density at radius 3 is 1.86 bits per heavy atom. The second-order valence-electron chi connectivity index (χ2n) is 1.10. The maximum absolute atomic E-state index is 5.15. The van der Waals surface area contributed by atoms with E-state index in [1.807, 2.05) is 6.92 Å². The van der Waals surface area contributed by atoms with Crippen molar-refractivity contribution >= 4 is 0 Å². The topological polar surface area (TPSA) is 0 Å². The fraction of sp³-hybridized carbons (Fsp3) is 0.400. The summed E-state index contributed by atoms with van der Waals surface area (Å²) in [7, 11) is 0. The normalized spacial score (nSPS) is 5.43. The van der Waals surface area contributed by atoms with Gasteiger partial charge < -0.3 is 13.5 Å². The molecule has 0 aliphatic heterocycles. The zero-order valence-electron chi connectivity index (χ0n) is 4.40. The van der Waals surface area contributed by atoms with E-state index < -0.39 is 0 Å². The van der Waals surface area contributed by atoms with Crippen molar-refractivity contribution in [2.24, 2.45) is 0 Å². The first-order valence-electron chi connectivity index (χ1n) is 1.64. The summed E-state index contributed by atoms with van der Waals surface area (Å²) in [6.07, 6.45) is 0.750. The van der Waals surface area contributed by atoms with Gasteiger partial charge in [0.15, 0.2) is 0 Å². The van der Waals surface area contributed by atoms with E-state index in [9.17, 15) is 0 Å². The molecule has 0 aromatic carbocycles. The molecule has 2 heteroatoms. The summed E-state index contributed by atoms with van der Waals surface area (Å²) in [6.45, 7) is 10.5. The summed E-state index contributed by atoms with van der Waals surface area (Å²) >= 11 is 0. The molecule has 0 saturated carbocycles. The van der Waals surface area contributed by atoms with Crippen molar-refractivity contribution in [3.8, 4) is 0 Å². The molecule has 0 rings (SSSR count). The van der Waals surface area contributed by atoms with Gasteiger partial charge in [-0.25, -0.2) is 0 Å². The Morgan fingerprint density at radius 1 is 1.71 bits per heavy atom. The maximum Gasteiger partial charge on any atom is 0 e. The van der Waals surface area contributed by atoms with Gasteiger partial charge >= 0.3 is 0 Å². The first kappa shape index (κ1) is 15.8. The fourth-order valence-electron chi connectivity index (χ4n) is 0. The van der Waals surface area contributed by atoms with Crippen LogP contribution in [0.15, 0.2) is 5.57 Å². The number of hydrogen-bond acceptors (Lipinski definition) is 0. The van der Waals surface area contributed by atoms with Crippen LogP contribution in [0.2, 0.25) is 0 Å². The van der Waals surface area contributed by atoms with E-state index in [0.717, 1.165) is 12.0 Å². The zero-order valence-corrected chi connectivity index (χ0v) is 8.88. The van der Waals surface area contributed by atoms with Gasteiger partial charge in [0, 0.05) is 52.2 Å². The molecule has 0 aromatic heterocycles. The van der Waals surface area contributed by atoms with Gasteiger partial charge in [0.05, 0.1) is 0 Å². The Labute approximate surface area is 83.8 Å². The first-order chi connectivity index (χ1) is 2.27. The van der Waals surface area contributed by atoms with E-state index in [0.29, 0.717) is 0 Å². The van der Waals surface area contributed by atoms with Crippen molar-refractivity contribution in [3.05, 3.63) is 19.1 Å². The minimum atomic E-state index is 0. The van der Waals surface area contributed by atoms with Crippen LogP contribution in [0.1, 0.15) is 13.3 Å². The van der Waals surface area contributed by atoms with Crippen LogP contribution in [0, 0.1) is 13.5 Å². The van der Waals surface area contributed by atoms with E-state index in [1.54, 1.807) is 0 Å². The smallest absolute Gasteiger partial charge is 0 e. The van der Waals surface area contributed by atoms with Crippen molar-refractivity contribution in [3.63, 3.8) is 0 Å². The molecule has 0 spiro atoms. The van der Waals surface area contributed by atoms with Gasteiger partial charge in [-0.1, -0.05) is 6.92 Å². The zero-order chi connectivity index (χ0) is 4.28. The van der Waals surface area contributed by atoms with Crippen molar-refractivity contribution < 1.29 is 52.2 Å². The van der Waals surface area contributed by atoms with Gasteiger partial charge in [-0.2, -0.15) is 6.42 Å². The van der Waals surface area contributed by atoms with Gasteiger partial charge in [0.2, 0.25) is 0 Å². The van der Waals surface area contributed by atoms with E-state index >= 15 is 0 Å². The van der Waals surface area contributed by atoms with E-state index in [2.05, 4.69) is 6.92 Å². The molecule has 0 nitrogen and oxygen atoms in total. The fourth-order valence-corrected chi connectivity index (χ4v) is 0. The van der Waals surface area contributed by atoms with Crippen molar-refractivity contribution in [2.45, 2.75) is 13.3 Å². The van der Waals surface area contributed by atoms with Crippen molar-refractivity contribution in [1.29, 1.82) is 0 Å². The summed E-state index contributed by atoms with van der Waals surface area (Å²) in [5, 5.41) is 0. The third kappa shape index (κ3) is 18.6. The second-order valence-corrected chi connectivity index (χ2v) is 1.10. The summed E-state index contributed by atoms with van der Waals surface area (Å²) in [5.74, 6) is 0. The molecule has 0 bridgehead atoms. The Hall–Kier alpha value is 1.47. The number of hydrogen-bond donors (Lipinski definition) is 0. The minimum Gasteiger partial charge on any atom is -0.517 e. The predicted molar refractivity (Wildman–Crippen MR) is 23.5 cm³/mol. The summed E-state index contributed by atoms with van der Waals surface area (Å²) in [5.41, 5.74) is 0.894. The third-order valence-electron chi connectivity index (χ3n) is 0.394. The van der Waals surface area contributed by atoms with Crippen LogP contribution in [0.4, 0.5) is 0 Å². The standard InChI is InChI=1S/C5H8.Rh.Y/c1-4-5(2)3;;/h2H,1,4H2,3H3;;/q-2;;. The van der Waals surface area contributed by atoms with Gasteiger partial charge in [0.25, 0.3) is 0 Å². The Bertz CT molecular complexity index is 43.3. The monoisotopic (exact) mass is 260 g/mol. The maximum atomic E-state index is 5.15. The van der Waals surface area contributed by atoms with Crippen LogP contribution in [-0.2, 0) is 52.2 Å². The molecule has 0 fully saturated rings. The summed E-state index contributed by atoms with van der Waals surface area (Å²) in [4.78, 5) is 0. The Balaban J connectivity index is -0.0000000800. The van der Waals surface area contributed by atoms with Gasteiger partial charge in [-0.15, -0.1) is 0 Å².